The van der Waals surface area contributed by atoms with Gasteiger partial charge in [-0.2, -0.15) is 0 Å². The number of benzene rings is 1. The maximum Gasteiger partial charge on any atom is 0.293 e. The van der Waals surface area contributed by atoms with Crippen molar-refractivity contribution < 1.29 is 9.66 Å². The molecule has 17 heavy (non-hydrogen) atoms. The van der Waals surface area contributed by atoms with Crippen LogP contribution in [0.1, 0.15) is 5.56 Å². The van der Waals surface area contributed by atoms with E-state index in [0.717, 1.165) is 18.8 Å². The molecule has 0 atom stereocenters. The largest absolute Gasteiger partial charge is 0.379 e. The fourth-order valence-electron chi connectivity index (χ4n) is 1.54. The number of anilines is 1. The maximum atomic E-state index is 10.8. The van der Waals surface area contributed by atoms with Gasteiger partial charge in [-0.1, -0.05) is 12.1 Å². The Balaban J connectivity index is 2.13. The van der Waals surface area contributed by atoms with Crippen molar-refractivity contribution >= 4 is 23.1 Å². The number of hydrazine groups is 1. The van der Waals surface area contributed by atoms with E-state index in [1.54, 1.807) is 17.8 Å². The summed E-state index contributed by atoms with van der Waals surface area (Å²) in [6, 6.07) is 4.96. The molecule has 1 aromatic rings. The van der Waals surface area contributed by atoms with E-state index in [-0.39, 0.29) is 5.69 Å². The van der Waals surface area contributed by atoms with Crippen molar-refractivity contribution in [2.45, 2.75) is 11.0 Å². The van der Waals surface area contributed by atoms with Gasteiger partial charge < -0.3 is 10.2 Å². The first kappa shape index (κ1) is 12.2. The lowest BCUT2D eigenvalue weighted by molar-refractivity contribution is -0.384. The Hall–Kier alpha value is -1.31. The highest BCUT2D eigenvalue weighted by Gasteiger charge is 2.21. The van der Waals surface area contributed by atoms with Crippen LogP contribution in [0.3, 0.4) is 0 Å². The molecule has 3 N–H and O–H groups in total. The van der Waals surface area contributed by atoms with Gasteiger partial charge in [0.25, 0.3) is 5.69 Å². The Kier molecular flexibility index (Phi) is 3.82. The van der Waals surface area contributed by atoms with Gasteiger partial charge in [0.15, 0.2) is 0 Å². The number of hydrogen-bond acceptors (Lipinski definition) is 6. The van der Waals surface area contributed by atoms with Crippen LogP contribution in [0.15, 0.2) is 18.2 Å². The second-order valence-corrected chi connectivity index (χ2v) is 4.97. The molecule has 0 saturated carbocycles. The molecule has 6 nitrogen and oxygen atoms in total. The SMILES string of the molecule is NNc1c(CSC2COC2)cccc1[N+](=O)[O-]. The lowest BCUT2D eigenvalue weighted by Gasteiger charge is -2.25. The number of rotatable bonds is 5. The average molecular weight is 255 g/mol. The van der Waals surface area contributed by atoms with Gasteiger partial charge in [-0.05, 0) is 5.56 Å². The van der Waals surface area contributed by atoms with Crippen LogP contribution in [-0.4, -0.2) is 23.4 Å². The van der Waals surface area contributed by atoms with Gasteiger partial charge in [0.05, 0.1) is 23.4 Å². The third-order valence-electron chi connectivity index (χ3n) is 2.55. The van der Waals surface area contributed by atoms with E-state index in [2.05, 4.69) is 5.43 Å². The number of hydrogen-bond donors (Lipinski definition) is 2. The summed E-state index contributed by atoms with van der Waals surface area (Å²) in [4.78, 5) is 10.4. The number of thioether (sulfide) groups is 1. The van der Waals surface area contributed by atoms with Crippen LogP contribution in [0.5, 0.6) is 0 Å². The van der Waals surface area contributed by atoms with E-state index in [1.807, 2.05) is 6.07 Å². The molecule has 0 radical (unpaired) electrons. The fraction of sp³-hybridized carbons (Fsp3) is 0.400. The van der Waals surface area contributed by atoms with Crippen molar-refractivity contribution in [3.05, 3.63) is 33.9 Å². The minimum absolute atomic E-state index is 0.00968. The molecule has 1 aromatic carbocycles. The molecule has 7 heteroatoms. The zero-order chi connectivity index (χ0) is 12.3. The van der Waals surface area contributed by atoms with Crippen LogP contribution < -0.4 is 11.3 Å². The number of nitro benzene ring substituents is 1. The molecule has 92 valence electrons. The Labute approximate surface area is 103 Å². The van der Waals surface area contributed by atoms with Gasteiger partial charge in [-0.15, -0.1) is 11.8 Å². The smallest absolute Gasteiger partial charge is 0.293 e. The summed E-state index contributed by atoms with van der Waals surface area (Å²) < 4.78 is 5.07. The van der Waals surface area contributed by atoms with Gasteiger partial charge >= 0.3 is 0 Å². The standard InChI is InChI=1S/C10H13N3O3S/c11-12-10-7(6-17-8-4-16-5-8)2-1-3-9(10)13(14)15/h1-3,8,12H,4-6,11H2. The monoisotopic (exact) mass is 255 g/mol. The molecule has 2 rings (SSSR count). The highest BCUT2D eigenvalue weighted by atomic mass is 32.2. The van der Waals surface area contributed by atoms with Gasteiger partial charge in [-0.25, -0.2) is 0 Å². The Morgan fingerprint density at radius 1 is 1.59 bits per heavy atom. The molecule has 1 heterocycles. The van der Waals surface area contributed by atoms with Crippen LogP contribution in [0.2, 0.25) is 0 Å². The van der Waals surface area contributed by atoms with Crippen molar-refractivity contribution in [2.24, 2.45) is 5.84 Å². The third kappa shape index (κ3) is 2.68. The minimum Gasteiger partial charge on any atom is -0.379 e. The minimum atomic E-state index is -0.435. The van der Waals surface area contributed by atoms with E-state index in [0.29, 0.717) is 16.7 Å². The topological polar surface area (TPSA) is 90.4 Å². The zero-order valence-corrected chi connectivity index (χ0v) is 9.90. The summed E-state index contributed by atoms with van der Waals surface area (Å²) in [6.07, 6.45) is 0. The van der Waals surface area contributed by atoms with Crippen molar-refractivity contribution in [3.8, 4) is 0 Å². The number of nitrogens with zero attached hydrogens (tertiary/aromatic N) is 1. The van der Waals surface area contributed by atoms with Crippen LogP contribution >= 0.6 is 11.8 Å². The van der Waals surface area contributed by atoms with E-state index in [9.17, 15) is 10.1 Å². The van der Waals surface area contributed by atoms with Crippen molar-refractivity contribution in [3.63, 3.8) is 0 Å². The Morgan fingerprint density at radius 3 is 2.88 bits per heavy atom. The number of nitrogens with two attached hydrogens (primary N) is 1. The molecular weight excluding hydrogens is 242 g/mol. The first-order valence-electron chi connectivity index (χ1n) is 5.14. The molecule has 0 bridgehead atoms. The third-order valence-corrected chi connectivity index (χ3v) is 3.77. The van der Waals surface area contributed by atoms with Crippen molar-refractivity contribution in [1.29, 1.82) is 0 Å². The highest BCUT2D eigenvalue weighted by Crippen LogP contribution is 2.32. The predicted octanol–water partition coefficient (Wildman–Crippen LogP) is 1.51. The van der Waals surface area contributed by atoms with Crippen LogP contribution in [0, 0.1) is 10.1 Å². The lowest BCUT2D eigenvalue weighted by Crippen LogP contribution is -2.30. The van der Waals surface area contributed by atoms with Gasteiger partial charge in [0, 0.05) is 11.8 Å². The van der Waals surface area contributed by atoms with E-state index in [1.165, 1.54) is 6.07 Å². The highest BCUT2D eigenvalue weighted by molar-refractivity contribution is 7.99. The Bertz CT molecular complexity index is 423. The molecule has 0 aliphatic carbocycles. The van der Waals surface area contributed by atoms with Gasteiger partial charge in [-0.3, -0.25) is 16.0 Å². The van der Waals surface area contributed by atoms with E-state index in [4.69, 9.17) is 10.6 Å². The molecule has 1 aliphatic heterocycles. The summed E-state index contributed by atoms with van der Waals surface area (Å²) in [7, 11) is 0. The fourth-order valence-corrected chi connectivity index (χ4v) is 2.58. The van der Waals surface area contributed by atoms with Crippen LogP contribution in [-0.2, 0) is 10.5 Å². The molecule has 1 fully saturated rings. The van der Waals surface area contributed by atoms with Crippen LogP contribution in [0.4, 0.5) is 11.4 Å². The van der Waals surface area contributed by atoms with Crippen molar-refractivity contribution in [2.75, 3.05) is 18.6 Å². The number of para-hydroxylation sites is 1. The number of nitro groups is 1. The summed E-state index contributed by atoms with van der Waals surface area (Å²) >= 11 is 1.72. The first-order chi connectivity index (χ1) is 8.22. The zero-order valence-electron chi connectivity index (χ0n) is 9.09. The van der Waals surface area contributed by atoms with Crippen LogP contribution in [0.25, 0.3) is 0 Å². The molecule has 0 spiro atoms. The normalized spacial score (nSPS) is 15.4. The molecule has 0 amide bonds. The second kappa shape index (κ2) is 5.35. The molecule has 1 aliphatic rings. The molecular formula is C10H13N3O3S. The average Bonchev–Trinajstić information content (AvgIpc) is 2.26. The number of nitrogen functional groups attached to an aromatic ring is 1. The lowest BCUT2D eigenvalue weighted by atomic mass is 10.2. The molecule has 0 unspecified atom stereocenters. The summed E-state index contributed by atoms with van der Waals surface area (Å²) in [5, 5.41) is 11.3. The number of nitrogens with one attached hydrogen (secondary N) is 1. The second-order valence-electron chi connectivity index (χ2n) is 3.68. The summed E-state index contributed by atoms with van der Waals surface area (Å²) in [5.41, 5.74) is 3.67. The van der Waals surface area contributed by atoms with Gasteiger partial charge in [0.2, 0.25) is 0 Å². The molecule has 1 saturated heterocycles. The quantitative estimate of drug-likeness (QED) is 0.471. The van der Waals surface area contributed by atoms with E-state index < -0.39 is 4.92 Å². The maximum absolute atomic E-state index is 10.8. The first-order valence-corrected chi connectivity index (χ1v) is 6.19. The predicted molar refractivity (Wildman–Crippen MR) is 66.8 cm³/mol. The summed E-state index contributed by atoms with van der Waals surface area (Å²) in [5.74, 6) is 6.04. The number of ether oxygens (including phenoxy) is 1. The van der Waals surface area contributed by atoms with E-state index >= 15 is 0 Å². The Morgan fingerprint density at radius 2 is 2.35 bits per heavy atom. The molecule has 0 aromatic heterocycles. The van der Waals surface area contributed by atoms with Gasteiger partial charge in [0.1, 0.15) is 5.69 Å². The summed E-state index contributed by atoms with van der Waals surface area (Å²) in [6.45, 7) is 1.51. The van der Waals surface area contributed by atoms with Crippen molar-refractivity contribution in [1.82, 2.24) is 0 Å².